The van der Waals surface area contributed by atoms with E-state index in [-0.39, 0.29) is 27.9 Å². The van der Waals surface area contributed by atoms with E-state index < -0.39 is 0 Å². The SMILES string of the molecule is Nc1c2c(=O)c3ccccc3c(=O)c-2nnc(-c2ccccc2)n1-c1ccc(Cl)cc1. The van der Waals surface area contributed by atoms with Gasteiger partial charge in [-0.05, 0) is 24.3 Å². The average Bonchev–Trinajstić information content (AvgIpc) is 2.95. The van der Waals surface area contributed by atoms with Crippen molar-refractivity contribution in [3.05, 3.63) is 104 Å². The van der Waals surface area contributed by atoms with Crippen LogP contribution in [0.25, 0.3) is 39.1 Å². The molecule has 6 nitrogen and oxygen atoms in total. The fourth-order valence-electron chi connectivity index (χ4n) is 3.69. The highest BCUT2D eigenvalue weighted by Gasteiger charge is 2.23. The van der Waals surface area contributed by atoms with Crippen molar-refractivity contribution in [1.82, 2.24) is 14.8 Å². The van der Waals surface area contributed by atoms with Crippen LogP contribution < -0.4 is 16.6 Å². The van der Waals surface area contributed by atoms with E-state index in [2.05, 4.69) is 10.2 Å². The second kappa shape index (κ2) is 7.34. The lowest BCUT2D eigenvalue weighted by atomic mass is 10.0. The maximum atomic E-state index is 13.4. The highest BCUT2D eigenvalue weighted by atomic mass is 35.5. The predicted octanol–water partition coefficient (Wildman–Crippen LogP) is 4.15. The molecule has 0 amide bonds. The number of anilines is 1. The molecule has 0 radical (unpaired) electrons. The van der Waals surface area contributed by atoms with Crippen molar-refractivity contribution in [3.63, 3.8) is 0 Å². The molecule has 5 rings (SSSR count). The number of fused-ring (bicyclic) bond motifs is 2. The minimum absolute atomic E-state index is 0.0355. The van der Waals surface area contributed by atoms with Crippen molar-refractivity contribution in [2.45, 2.75) is 0 Å². The molecular weight excluding hydrogens is 412 g/mol. The molecule has 0 spiro atoms. The van der Waals surface area contributed by atoms with Crippen LogP contribution in [0, 0.1) is 0 Å². The number of hydrogen-bond donors (Lipinski definition) is 1. The highest BCUT2D eigenvalue weighted by Crippen LogP contribution is 2.29. The number of nitrogen functional groups attached to an aromatic ring is 1. The quantitative estimate of drug-likeness (QED) is 0.458. The molecule has 0 unspecified atom stereocenters. The number of hydrogen-bond acceptors (Lipinski definition) is 5. The molecule has 3 aromatic rings. The zero-order valence-corrected chi connectivity index (χ0v) is 16.9. The zero-order chi connectivity index (χ0) is 21.5. The van der Waals surface area contributed by atoms with Crippen molar-refractivity contribution >= 4 is 28.2 Å². The van der Waals surface area contributed by atoms with Gasteiger partial charge in [0.05, 0.1) is 5.56 Å². The van der Waals surface area contributed by atoms with Crippen LogP contribution in [0.3, 0.4) is 0 Å². The Balaban J connectivity index is 2.01. The molecule has 2 aliphatic rings. The van der Waals surface area contributed by atoms with E-state index in [1.165, 1.54) is 0 Å². The second-order valence-corrected chi connectivity index (χ2v) is 7.45. The van der Waals surface area contributed by atoms with Gasteiger partial charge in [0.15, 0.2) is 11.3 Å². The third-order valence-corrected chi connectivity index (χ3v) is 5.42. The molecule has 1 aliphatic heterocycles. The standard InChI is InChI=1S/C24H15ClN4O2/c25-15-10-12-16(13-11-15)29-23(26)19-20(27-28-24(29)14-6-2-1-3-7-14)22(31)18-9-5-4-8-17(18)21(19)30/h1-13H,26H2. The first-order valence-electron chi connectivity index (χ1n) is 9.51. The molecule has 31 heavy (non-hydrogen) atoms. The number of benzene rings is 4. The van der Waals surface area contributed by atoms with Gasteiger partial charge in [-0.3, -0.25) is 14.2 Å². The molecule has 1 aliphatic carbocycles. The lowest BCUT2D eigenvalue weighted by molar-refractivity contribution is 0.973. The van der Waals surface area contributed by atoms with Gasteiger partial charge in [-0.15, -0.1) is 10.2 Å². The second-order valence-electron chi connectivity index (χ2n) is 7.01. The number of nitrogens with two attached hydrogens (primary N) is 1. The lowest BCUT2D eigenvalue weighted by Crippen LogP contribution is -2.20. The smallest absolute Gasteiger partial charge is 0.214 e. The summed E-state index contributed by atoms with van der Waals surface area (Å²) >= 11 is 6.07. The van der Waals surface area contributed by atoms with E-state index >= 15 is 0 Å². The largest absolute Gasteiger partial charge is 0.384 e. The van der Waals surface area contributed by atoms with Gasteiger partial charge in [0.1, 0.15) is 11.5 Å². The average molecular weight is 427 g/mol. The van der Waals surface area contributed by atoms with Gasteiger partial charge in [-0.1, -0.05) is 66.2 Å². The third kappa shape index (κ3) is 3.05. The lowest BCUT2D eigenvalue weighted by Gasteiger charge is -2.14. The molecule has 0 atom stereocenters. The van der Waals surface area contributed by atoms with E-state index in [1.807, 2.05) is 30.3 Å². The van der Waals surface area contributed by atoms with Crippen LogP contribution in [0.15, 0.2) is 88.5 Å². The summed E-state index contributed by atoms with van der Waals surface area (Å²) in [6, 6.07) is 22.9. The first-order chi connectivity index (χ1) is 15.1. The molecule has 0 fully saturated rings. The Bertz CT molecular complexity index is 1530. The molecule has 1 heterocycles. The van der Waals surface area contributed by atoms with Crippen molar-refractivity contribution in [2.24, 2.45) is 0 Å². The van der Waals surface area contributed by atoms with Crippen LogP contribution in [-0.2, 0) is 0 Å². The normalized spacial score (nSPS) is 11.1. The number of rotatable bonds is 2. The van der Waals surface area contributed by atoms with Gasteiger partial charge in [0.25, 0.3) is 0 Å². The maximum absolute atomic E-state index is 13.4. The Kier molecular flexibility index (Phi) is 4.49. The van der Waals surface area contributed by atoms with Crippen LogP contribution >= 0.6 is 11.6 Å². The Morgan fingerprint density at radius 2 is 1.35 bits per heavy atom. The van der Waals surface area contributed by atoms with E-state index in [0.717, 1.165) is 5.56 Å². The number of aromatic nitrogens is 3. The van der Waals surface area contributed by atoms with E-state index in [9.17, 15) is 9.59 Å². The van der Waals surface area contributed by atoms with Crippen molar-refractivity contribution in [1.29, 1.82) is 0 Å². The van der Waals surface area contributed by atoms with Gasteiger partial charge in [-0.25, -0.2) is 0 Å². The third-order valence-electron chi connectivity index (χ3n) is 5.17. The van der Waals surface area contributed by atoms with E-state index in [0.29, 0.717) is 27.3 Å². The molecule has 2 N–H and O–H groups in total. The first kappa shape index (κ1) is 19.0. The molecule has 0 aromatic heterocycles. The van der Waals surface area contributed by atoms with Crippen molar-refractivity contribution in [3.8, 4) is 28.3 Å². The summed E-state index contributed by atoms with van der Waals surface area (Å²) in [6.45, 7) is 0. The number of halogens is 1. The Morgan fingerprint density at radius 1 is 0.742 bits per heavy atom. The van der Waals surface area contributed by atoms with Crippen LogP contribution in [0.1, 0.15) is 0 Å². The zero-order valence-electron chi connectivity index (χ0n) is 16.1. The van der Waals surface area contributed by atoms with Crippen LogP contribution in [-0.4, -0.2) is 14.8 Å². The Hall–Kier alpha value is -4.03. The monoisotopic (exact) mass is 426 g/mol. The fourth-order valence-corrected chi connectivity index (χ4v) is 3.82. The highest BCUT2D eigenvalue weighted by molar-refractivity contribution is 6.30. The molecule has 0 saturated carbocycles. The minimum Gasteiger partial charge on any atom is -0.384 e. The summed E-state index contributed by atoms with van der Waals surface area (Å²) in [7, 11) is 0. The summed E-state index contributed by atoms with van der Waals surface area (Å²) in [4.78, 5) is 26.5. The van der Waals surface area contributed by atoms with Gasteiger partial charge < -0.3 is 5.73 Å². The first-order valence-corrected chi connectivity index (χ1v) is 9.89. The Morgan fingerprint density at radius 3 is 2.03 bits per heavy atom. The van der Waals surface area contributed by atoms with Crippen LogP contribution in [0.4, 0.5) is 5.82 Å². The summed E-state index contributed by atoms with van der Waals surface area (Å²) in [6.07, 6.45) is 0. The summed E-state index contributed by atoms with van der Waals surface area (Å²) in [5.41, 5.74) is 7.15. The maximum Gasteiger partial charge on any atom is 0.214 e. The van der Waals surface area contributed by atoms with Crippen LogP contribution in [0.5, 0.6) is 0 Å². The topological polar surface area (TPSA) is 90.9 Å². The molecular formula is C24H15ClN4O2. The summed E-state index contributed by atoms with van der Waals surface area (Å²) < 4.78 is 1.62. The molecule has 0 saturated heterocycles. The van der Waals surface area contributed by atoms with E-state index in [1.54, 1.807) is 53.1 Å². The van der Waals surface area contributed by atoms with Gasteiger partial charge in [0, 0.05) is 27.0 Å². The Labute approximate surface area is 181 Å². The summed E-state index contributed by atoms with van der Waals surface area (Å²) in [5, 5.41) is 9.71. The van der Waals surface area contributed by atoms with Gasteiger partial charge in [0.2, 0.25) is 5.43 Å². The number of nitrogens with zero attached hydrogens (tertiary/aromatic N) is 3. The van der Waals surface area contributed by atoms with Crippen molar-refractivity contribution in [2.75, 3.05) is 5.73 Å². The van der Waals surface area contributed by atoms with Gasteiger partial charge >= 0.3 is 0 Å². The van der Waals surface area contributed by atoms with Crippen LogP contribution in [0.2, 0.25) is 5.02 Å². The van der Waals surface area contributed by atoms with E-state index in [4.69, 9.17) is 17.3 Å². The van der Waals surface area contributed by atoms with Crippen molar-refractivity contribution < 1.29 is 0 Å². The summed E-state index contributed by atoms with van der Waals surface area (Å²) in [5.74, 6) is 0.466. The van der Waals surface area contributed by atoms with Gasteiger partial charge in [-0.2, -0.15) is 0 Å². The minimum atomic E-state index is -0.387. The molecule has 7 heteroatoms. The predicted molar refractivity (Wildman–Crippen MR) is 123 cm³/mol. The molecule has 0 bridgehead atoms. The molecule has 150 valence electrons. The fraction of sp³-hybridized carbons (Fsp3) is 0. The molecule has 3 aromatic carbocycles.